The topological polar surface area (TPSA) is 26.3 Å². The van der Waals surface area contributed by atoms with E-state index in [1.54, 1.807) is 19.1 Å². The molecule has 0 aromatic heterocycles. The molecular weight excluding hydrogens is 267 g/mol. The van der Waals surface area contributed by atoms with Crippen molar-refractivity contribution in [1.29, 1.82) is 0 Å². The van der Waals surface area contributed by atoms with Crippen LogP contribution < -0.4 is 4.74 Å². The van der Waals surface area contributed by atoms with Crippen LogP contribution >= 0.6 is 11.6 Å². The molecule has 2 aromatic rings. The summed E-state index contributed by atoms with van der Waals surface area (Å²) in [5.41, 5.74) is 1.09. The fourth-order valence-corrected chi connectivity index (χ4v) is 2.02. The molecule has 0 aliphatic heterocycles. The molecule has 0 N–H and O–H groups in total. The van der Waals surface area contributed by atoms with Gasteiger partial charge in [-0.25, -0.2) is 4.39 Å². The first kappa shape index (κ1) is 13.6. The van der Waals surface area contributed by atoms with Gasteiger partial charge in [0.15, 0.2) is 5.78 Å². The Kier molecular flexibility index (Phi) is 3.86. The molecule has 0 aliphatic carbocycles. The van der Waals surface area contributed by atoms with Gasteiger partial charge < -0.3 is 4.74 Å². The van der Waals surface area contributed by atoms with Crippen LogP contribution in [0.1, 0.15) is 21.5 Å². The molecule has 98 valence electrons. The molecule has 0 bridgehead atoms. The second-order valence-corrected chi connectivity index (χ2v) is 4.57. The molecular formula is C15H12ClFO2. The first-order valence-corrected chi connectivity index (χ1v) is 6.05. The van der Waals surface area contributed by atoms with Gasteiger partial charge >= 0.3 is 0 Å². The highest BCUT2D eigenvalue weighted by Crippen LogP contribution is 2.25. The average molecular weight is 279 g/mol. The third kappa shape index (κ3) is 2.76. The minimum absolute atomic E-state index is 0.0204. The van der Waals surface area contributed by atoms with Crippen LogP contribution in [0.25, 0.3) is 0 Å². The van der Waals surface area contributed by atoms with Crippen LogP contribution in [-0.4, -0.2) is 12.9 Å². The quantitative estimate of drug-likeness (QED) is 0.793. The maximum Gasteiger partial charge on any atom is 0.197 e. The van der Waals surface area contributed by atoms with E-state index in [9.17, 15) is 9.18 Å². The number of carbonyl (C=O) groups is 1. The summed E-state index contributed by atoms with van der Waals surface area (Å²) in [4.78, 5) is 12.3. The summed E-state index contributed by atoms with van der Waals surface area (Å²) in [6.45, 7) is 1.80. The van der Waals surface area contributed by atoms with Crippen LogP contribution in [0.2, 0.25) is 5.02 Å². The summed E-state index contributed by atoms with van der Waals surface area (Å²) in [5, 5.41) is 0.241. The third-order valence-electron chi connectivity index (χ3n) is 2.79. The number of aryl methyl sites for hydroxylation is 1. The van der Waals surface area contributed by atoms with Crippen molar-refractivity contribution in [3.8, 4) is 5.75 Å². The van der Waals surface area contributed by atoms with Crippen LogP contribution in [0.3, 0.4) is 0 Å². The van der Waals surface area contributed by atoms with Gasteiger partial charge in [0.05, 0.1) is 17.7 Å². The smallest absolute Gasteiger partial charge is 0.197 e. The minimum Gasteiger partial charge on any atom is -0.497 e. The second-order valence-electron chi connectivity index (χ2n) is 4.16. The van der Waals surface area contributed by atoms with Crippen LogP contribution in [0.4, 0.5) is 4.39 Å². The molecule has 0 saturated heterocycles. The number of hydrogen-bond acceptors (Lipinski definition) is 2. The fourth-order valence-electron chi connectivity index (χ4n) is 1.77. The molecule has 0 spiro atoms. The maximum absolute atomic E-state index is 13.7. The molecule has 2 aromatic carbocycles. The van der Waals surface area contributed by atoms with E-state index in [4.69, 9.17) is 16.3 Å². The molecule has 2 nitrogen and oxygen atoms in total. The lowest BCUT2D eigenvalue weighted by Gasteiger charge is -2.07. The average Bonchev–Trinajstić information content (AvgIpc) is 2.40. The van der Waals surface area contributed by atoms with E-state index in [0.29, 0.717) is 5.75 Å². The molecule has 0 amide bonds. The van der Waals surface area contributed by atoms with Gasteiger partial charge in [-0.15, -0.1) is 0 Å². The van der Waals surface area contributed by atoms with Crippen molar-refractivity contribution in [2.24, 2.45) is 0 Å². The molecule has 19 heavy (non-hydrogen) atoms. The van der Waals surface area contributed by atoms with Crippen LogP contribution in [0.15, 0.2) is 36.4 Å². The van der Waals surface area contributed by atoms with Gasteiger partial charge in [0, 0.05) is 5.56 Å². The fraction of sp³-hybridized carbons (Fsp3) is 0.133. The lowest BCUT2D eigenvalue weighted by Crippen LogP contribution is -2.05. The molecule has 0 heterocycles. The standard InChI is InChI=1S/C15H12ClFO2/c1-9-3-6-14(17)12(7-9)15(18)11-5-4-10(19-2)8-13(11)16/h3-8H,1-2H3. The first-order valence-electron chi connectivity index (χ1n) is 5.67. The van der Waals surface area contributed by atoms with Gasteiger partial charge in [0.2, 0.25) is 0 Å². The van der Waals surface area contributed by atoms with Crippen LogP contribution in [0.5, 0.6) is 5.75 Å². The van der Waals surface area contributed by atoms with Gasteiger partial charge in [0.1, 0.15) is 11.6 Å². The number of hydrogen-bond donors (Lipinski definition) is 0. The van der Waals surface area contributed by atoms with Crippen LogP contribution in [0, 0.1) is 12.7 Å². The zero-order valence-electron chi connectivity index (χ0n) is 10.5. The van der Waals surface area contributed by atoms with E-state index in [-0.39, 0.29) is 16.1 Å². The maximum atomic E-state index is 13.7. The van der Waals surface area contributed by atoms with E-state index >= 15 is 0 Å². The van der Waals surface area contributed by atoms with E-state index in [1.165, 1.54) is 31.4 Å². The van der Waals surface area contributed by atoms with Crippen molar-refractivity contribution in [2.75, 3.05) is 7.11 Å². The second kappa shape index (κ2) is 5.41. The lowest BCUT2D eigenvalue weighted by atomic mass is 10.0. The number of methoxy groups -OCH3 is 1. The zero-order valence-corrected chi connectivity index (χ0v) is 11.3. The van der Waals surface area contributed by atoms with E-state index in [0.717, 1.165) is 5.56 Å². The van der Waals surface area contributed by atoms with Gasteiger partial charge in [0.25, 0.3) is 0 Å². The number of carbonyl (C=O) groups excluding carboxylic acids is 1. The Bertz CT molecular complexity index is 638. The van der Waals surface area contributed by atoms with E-state index < -0.39 is 11.6 Å². The Morgan fingerprint density at radius 2 is 1.89 bits per heavy atom. The Morgan fingerprint density at radius 1 is 1.16 bits per heavy atom. The molecule has 0 unspecified atom stereocenters. The highest BCUT2D eigenvalue weighted by molar-refractivity contribution is 6.35. The molecule has 0 saturated carbocycles. The van der Waals surface area contributed by atoms with Crippen molar-refractivity contribution in [3.05, 3.63) is 63.9 Å². The number of halogens is 2. The number of ketones is 1. The summed E-state index contributed by atoms with van der Waals surface area (Å²) >= 11 is 6.02. The van der Waals surface area contributed by atoms with Crippen molar-refractivity contribution in [2.45, 2.75) is 6.92 Å². The van der Waals surface area contributed by atoms with E-state index in [2.05, 4.69) is 0 Å². The highest BCUT2D eigenvalue weighted by Gasteiger charge is 2.17. The zero-order chi connectivity index (χ0) is 14.0. The Balaban J connectivity index is 2.47. The van der Waals surface area contributed by atoms with Crippen molar-refractivity contribution in [1.82, 2.24) is 0 Å². The van der Waals surface area contributed by atoms with E-state index in [1.807, 2.05) is 0 Å². The first-order chi connectivity index (χ1) is 9.02. The van der Waals surface area contributed by atoms with Gasteiger partial charge in [-0.2, -0.15) is 0 Å². The van der Waals surface area contributed by atoms with Crippen LogP contribution in [-0.2, 0) is 0 Å². The highest BCUT2D eigenvalue weighted by atomic mass is 35.5. The SMILES string of the molecule is COc1ccc(C(=O)c2cc(C)ccc2F)c(Cl)c1. The largest absolute Gasteiger partial charge is 0.497 e. The molecule has 4 heteroatoms. The number of rotatable bonds is 3. The predicted molar refractivity (Wildman–Crippen MR) is 72.6 cm³/mol. The Morgan fingerprint density at radius 3 is 2.53 bits per heavy atom. The Labute approximate surface area is 115 Å². The minimum atomic E-state index is -0.553. The summed E-state index contributed by atoms with van der Waals surface area (Å²) < 4.78 is 18.7. The van der Waals surface area contributed by atoms with Crippen molar-refractivity contribution < 1.29 is 13.9 Å². The number of benzene rings is 2. The summed E-state index contributed by atoms with van der Waals surface area (Å²) in [6.07, 6.45) is 0. The normalized spacial score (nSPS) is 10.3. The van der Waals surface area contributed by atoms with Crippen molar-refractivity contribution in [3.63, 3.8) is 0 Å². The van der Waals surface area contributed by atoms with Gasteiger partial charge in [-0.05, 0) is 37.3 Å². The molecule has 0 radical (unpaired) electrons. The monoisotopic (exact) mass is 278 g/mol. The molecule has 0 atom stereocenters. The van der Waals surface area contributed by atoms with Gasteiger partial charge in [-0.3, -0.25) is 4.79 Å². The molecule has 2 rings (SSSR count). The van der Waals surface area contributed by atoms with Gasteiger partial charge in [-0.1, -0.05) is 23.2 Å². The molecule has 0 fully saturated rings. The van der Waals surface area contributed by atoms with Crippen molar-refractivity contribution >= 4 is 17.4 Å². The number of ether oxygens (including phenoxy) is 1. The summed E-state index contributed by atoms with van der Waals surface area (Å²) in [7, 11) is 1.51. The summed E-state index contributed by atoms with van der Waals surface area (Å²) in [5.74, 6) is -0.442. The molecule has 0 aliphatic rings. The third-order valence-corrected chi connectivity index (χ3v) is 3.10. The lowest BCUT2D eigenvalue weighted by molar-refractivity contribution is 0.103. The predicted octanol–water partition coefficient (Wildman–Crippen LogP) is 4.03. The summed E-state index contributed by atoms with van der Waals surface area (Å²) in [6, 6.07) is 9.08. The Hall–Kier alpha value is -1.87.